The summed E-state index contributed by atoms with van der Waals surface area (Å²) in [5, 5.41) is 0. The lowest BCUT2D eigenvalue weighted by atomic mass is 10.5. The molecule has 72 valence electrons. The molecule has 0 unspecified atom stereocenters. The molecule has 0 amide bonds. The molecular formula is C6H6F3N3O. The predicted molar refractivity (Wildman–Crippen MR) is 38.0 cm³/mol. The third-order valence-electron chi connectivity index (χ3n) is 1.19. The van der Waals surface area contributed by atoms with Gasteiger partial charge in [0, 0.05) is 6.07 Å². The summed E-state index contributed by atoms with van der Waals surface area (Å²) in [7, 11) is 1.20. The van der Waals surface area contributed by atoms with Crippen LogP contribution in [-0.4, -0.2) is 17.1 Å². The molecule has 7 heteroatoms. The Morgan fingerprint density at radius 3 is 2.46 bits per heavy atom. The molecule has 0 bridgehead atoms. The second-order valence-corrected chi connectivity index (χ2v) is 2.16. The molecule has 13 heavy (non-hydrogen) atoms. The summed E-state index contributed by atoms with van der Waals surface area (Å²) in [6.45, 7) is 0. The van der Waals surface area contributed by atoms with Crippen LogP contribution >= 0.6 is 0 Å². The van der Waals surface area contributed by atoms with Crippen LogP contribution in [0.3, 0.4) is 0 Å². The second kappa shape index (κ2) is 3.08. The summed E-state index contributed by atoms with van der Waals surface area (Å²) in [5.41, 5.74) is 5.10. The largest absolute Gasteiger partial charge is 0.481 e. The molecule has 0 fully saturated rings. The van der Waals surface area contributed by atoms with Crippen molar-refractivity contribution in [2.75, 3.05) is 12.8 Å². The van der Waals surface area contributed by atoms with Crippen LogP contribution in [-0.2, 0) is 6.18 Å². The smallest absolute Gasteiger partial charge is 0.451 e. The van der Waals surface area contributed by atoms with Crippen molar-refractivity contribution >= 4 is 5.82 Å². The summed E-state index contributed by atoms with van der Waals surface area (Å²) in [5.74, 6) is -1.79. The number of nitrogens with two attached hydrogens (primary N) is 1. The van der Waals surface area contributed by atoms with Crippen molar-refractivity contribution in [2.24, 2.45) is 0 Å². The quantitative estimate of drug-likeness (QED) is 0.725. The van der Waals surface area contributed by atoms with E-state index in [9.17, 15) is 13.2 Å². The topological polar surface area (TPSA) is 61.0 Å². The van der Waals surface area contributed by atoms with Gasteiger partial charge in [0.05, 0.1) is 7.11 Å². The van der Waals surface area contributed by atoms with Crippen LogP contribution in [0, 0.1) is 0 Å². The van der Waals surface area contributed by atoms with Crippen molar-refractivity contribution in [3.63, 3.8) is 0 Å². The first-order chi connectivity index (χ1) is 5.93. The highest BCUT2D eigenvalue weighted by Gasteiger charge is 2.35. The molecule has 0 aromatic carbocycles. The first-order valence-electron chi connectivity index (χ1n) is 3.19. The Morgan fingerprint density at radius 1 is 1.38 bits per heavy atom. The molecular weight excluding hydrogens is 187 g/mol. The first kappa shape index (κ1) is 9.56. The molecule has 1 aromatic rings. The lowest BCUT2D eigenvalue weighted by Gasteiger charge is -2.06. The van der Waals surface area contributed by atoms with Crippen molar-refractivity contribution in [1.29, 1.82) is 0 Å². The number of nitrogen functional groups attached to an aromatic ring is 1. The van der Waals surface area contributed by atoms with E-state index in [-0.39, 0.29) is 11.7 Å². The molecule has 0 aliphatic carbocycles. The number of hydrogen-bond donors (Lipinski definition) is 1. The zero-order chi connectivity index (χ0) is 10.1. The van der Waals surface area contributed by atoms with E-state index in [4.69, 9.17) is 5.73 Å². The van der Waals surface area contributed by atoms with Gasteiger partial charge in [-0.2, -0.15) is 18.2 Å². The van der Waals surface area contributed by atoms with Crippen LogP contribution in [0.2, 0.25) is 0 Å². The molecule has 1 rings (SSSR count). The summed E-state index contributed by atoms with van der Waals surface area (Å²) >= 11 is 0. The fourth-order valence-electron chi connectivity index (χ4n) is 0.674. The molecule has 2 N–H and O–H groups in total. The number of aromatic nitrogens is 2. The minimum Gasteiger partial charge on any atom is -0.481 e. The van der Waals surface area contributed by atoms with Crippen LogP contribution in [0.1, 0.15) is 5.82 Å². The van der Waals surface area contributed by atoms with E-state index in [1.54, 1.807) is 0 Å². The van der Waals surface area contributed by atoms with E-state index in [0.717, 1.165) is 6.07 Å². The van der Waals surface area contributed by atoms with E-state index in [2.05, 4.69) is 14.7 Å². The van der Waals surface area contributed by atoms with Gasteiger partial charge in [0.1, 0.15) is 5.82 Å². The lowest BCUT2D eigenvalue weighted by molar-refractivity contribution is -0.145. The third kappa shape index (κ3) is 2.20. The Kier molecular flexibility index (Phi) is 2.26. The van der Waals surface area contributed by atoms with Crippen molar-refractivity contribution < 1.29 is 17.9 Å². The van der Waals surface area contributed by atoms with Crippen LogP contribution in [0.4, 0.5) is 19.0 Å². The maximum Gasteiger partial charge on any atom is 0.451 e. The van der Waals surface area contributed by atoms with Crippen LogP contribution < -0.4 is 10.5 Å². The fraction of sp³-hybridized carbons (Fsp3) is 0.333. The first-order valence-corrected chi connectivity index (χ1v) is 3.19. The summed E-state index contributed by atoms with van der Waals surface area (Å²) in [6, 6.07) is 1.11. The molecule has 0 aliphatic heterocycles. The molecule has 0 spiro atoms. The van der Waals surface area contributed by atoms with Gasteiger partial charge in [-0.1, -0.05) is 0 Å². The van der Waals surface area contributed by atoms with Crippen molar-refractivity contribution in [2.45, 2.75) is 6.18 Å². The molecule has 1 aromatic heterocycles. The minimum absolute atomic E-state index is 0.208. The standard InChI is InChI=1S/C6H6F3N3O/c1-13-4-2-3(10)11-5(12-4)6(7,8)9/h2H,1H3,(H2,10,11,12). The van der Waals surface area contributed by atoms with Gasteiger partial charge in [0.15, 0.2) is 0 Å². The Hall–Kier alpha value is -1.53. The van der Waals surface area contributed by atoms with Gasteiger partial charge in [0.25, 0.3) is 0 Å². The molecule has 0 saturated carbocycles. The van der Waals surface area contributed by atoms with E-state index in [1.165, 1.54) is 7.11 Å². The van der Waals surface area contributed by atoms with E-state index < -0.39 is 12.0 Å². The Bertz CT molecular complexity index is 312. The van der Waals surface area contributed by atoms with Gasteiger partial charge in [0.2, 0.25) is 11.7 Å². The molecule has 0 atom stereocenters. The Labute approximate surface area is 71.6 Å². The Morgan fingerprint density at radius 2 is 2.00 bits per heavy atom. The maximum absolute atomic E-state index is 12.0. The number of alkyl halides is 3. The Balaban J connectivity index is 3.16. The van der Waals surface area contributed by atoms with E-state index in [0.29, 0.717) is 0 Å². The SMILES string of the molecule is COc1cc(N)nc(C(F)(F)F)n1. The minimum atomic E-state index is -4.61. The number of ether oxygens (including phenoxy) is 1. The highest BCUT2D eigenvalue weighted by Crippen LogP contribution is 2.27. The zero-order valence-electron chi connectivity index (χ0n) is 6.59. The summed E-state index contributed by atoms with van der Waals surface area (Å²) in [6.07, 6.45) is -4.61. The van der Waals surface area contributed by atoms with Gasteiger partial charge in [-0.05, 0) is 0 Å². The van der Waals surface area contributed by atoms with Gasteiger partial charge in [-0.15, -0.1) is 0 Å². The highest BCUT2D eigenvalue weighted by molar-refractivity contribution is 5.33. The number of anilines is 1. The zero-order valence-corrected chi connectivity index (χ0v) is 6.59. The molecule has 0 saturated heterocycles. The number of rotatable bonds is 1. The van der Waals surface area contributed by atoms with Gasteiger partial charge >= 0.3 is 6.18 Å². The number of halogens is 3. The van der Waals surface area contributed by atoms with Crippen molar-refractivity contribution in [1.82, 2.24) is 9.97 Å². The third-order valence-corrected chi connectivity index (χ3v) is 1.19. The molecule has 0 radical (unpaired) electrons. The molecule has 0 aliphatic rings. The van der Waals surface area contributed by atoms with E-state index in [1.807, 2.05) is 0 Å². The van der Waals surface area contributed by atoms with Crippen LogP contribution in [0.15, 0.2) is 6.07 Å². The summed E-state index contributed by atoms with van der Waals surface area (Å²) < 4.78 is 40.6. The summed E-state index contributed by atoms with van der Waals surface area (Å²) in [4.78, 5) is 6.10. The van der Waals surface area contributed by atoms with Crippen molar-refractivity contribution in [3.8, 4) is 5.88 Å². The second-order valence-electron chi connectivity index (χ2n) is 2.16. The monoisotopic (exact) mass is 193 g/mol. The number of hydrogen-bond acceptors (Lipinski definition) is 4. The highest BCUT2D eigenvalue weighted by atomic mass is 19.4. The lowest BCUT2D eigenvalue weighted by Crippen LogP contribution is -2.12. The average Bonchev–Trinajstić information content (AvgIpc) is 2.01. The maximum atomic E-state index is 12.0. The van der Waals surface area contributed by atoms with Gasteiger partial charge in [-0.25, -0.2) is 4.98 Å². The number of nitrogens with zero attached hydrogens (tertiary/aromatic N) is 2. The van der Waals surface area contributed by atoms with E-state index >= 15 is 0 Å². The van der Waals surface area contributed by atoms with Crippen LogP contribution in [0.25, 0.3) is 0 Å². The molecule has 1 heterocycles. The van der Waals surface area contributed by atoms with Gasteiger partial charge < -0.3 is 10.5 Å². The van der Waals surface area contributed by atoms with Gasteiger partial charge in [-0.3, -0.25) is 0 Å². The fourth-order valence-corrected chi connectivity index (χ4v) is 0.674. The number of methoxy groups -OCH3 is 1. The normalized spacial score (nSPS) is 11.4. The average molecular weight is 193 g/mol. The van der Waals surface area contributed by atoms with Crippen molar-refractivity contribution in [3.05, 3.63) is 11.9 Å². The van der Waals surface area contributed by atoms with Crippen LogP contribution in [0.5, 0.6) is 5.88 Å². The predicted octanol–water partition coefficient (Wildman–Crippen LogP) is 1.09. The molecule has 4 nitrogen and oxygen atoms in total.